The van der Waals surface area contributed by atoms with Crippen LogP contribution < -0.4 is 10.1 Å². The molecule has 0 fully saturated rings. The van der Waals surface area contributed by atoms with E-state index in [1.54, 1.807) is 34.6 Å². The smallest absolute Gasteiger partial charge is 0.449 e. The molecule has 106 valence electrons. The van der Waals surface area contributed by atoms with Crippen molar-refractivity contribution in [3.63, 3.8) is 0 Å². The number of hydrogen-bond donors (Lipinski definition) is 2. The SMILES string of the molecule is CC(C)c1noc(C(=O)NC(C)(C)C)c1OC(=O)O. The topological polar surface area (TPSA) is 102 Å². The Morgan fingerprint density at radius 3 is 2.37 bits per heavy atom. The molecule has 0 spiro atoms. The molecule has 1 amide bonds. The standard InChI is InChI=1S/C12H18N2O5/c1-6(2)7-8(18-11(16)17)9(19-14-7)10(15)13-12(3,4)5/h6H,1-5H3,(H,13,15)(H,16,17). The normalized spacial score (nSPS) is 11.5. The summed E-state index contributed by atoms with van der Waals surface area (Å²) in [5.74, 6) is -1.08. The molecule has 0 radical (unpaired) electrons. The van der Waals surface area contributed by atoms with Crippen LogP contribution in [0.5, 0.6) is 5.75 Å². The molecule has 0 saturated carbocycles. The van der Waals surface area contributed by atoms with Gasteiger partial charge in [0.25, 0.3) is 11.7 Å². The van der Waals surface area contributed by atoms with Crippen molar-refractivity contribution in [3.8, 4) is 5.75 Å². The third kappa shape index (κ3) is 3.97. The number of carboxylic acid groups (broad SMARTS) is 1. The Morgan fingerprint density at radius 2 is 1.95 bits per heavy atom. The third-order valence-corrected chi connectivity index (χ3v) is 2.11. The molecular formula is C12H18N2O5. The summed E-state index contributed by atoms with van der Waals surface area (Å²) < 4.78 is 9.53. The quantitative estimate of drug-likeness (QED) is 0.817. The highest BCUT2D eigenvalue weighted by Crippen LogP contribution is 2.30. The van der Waals surface area contributed by atoms with E-state index in [1.165, 1.54) is 0 Å². The third-order valence-electron chi connectivity index (χ3n) is 2.11. The average Bonchev–Trinajstić information content (AvgIpc) is 2.57. The molecular weight excluding hydrogens is 252 g/mol. The predicted molar refractivity (Wildman–Crippen MR) is 66.5 cm³/mol. The molecule has 1 aromatic rings. The van der Waals surface area contributed by atoms with Gasteiger partial charge < -0.3 is 19.7 Å². The second-order valence-corrected chi connectivity index (χ2v) is 5.45. The number of rotatable bonds is 3. The number of amides is 1. The summed E-state index contributed by atoms with van der Waals surface area (Å²) in [5.41, 5.74) is -0.191. The molecule has 0 aliphatic carbocycles. The van der Waals surface area contributed by atoms with E-state index in [4.69, 9.17) is 9.63 Å². The minimum Gasteiger partial charge on any atom is -0.449 e. The number of carbonyl (C=O) groups is 2. The monoisotopic (exact) mass is 270 g/mol. The van der Waals surface area contributed by atoms with Gasteiger partial charge in [0.1, 0.15) is 5.69 Å². The molecule has 0 atom stereocenters. The van der Waals surface area contributed by atoms with Gasteiger partial charge >= 0.3 is 6.16 Å². The first kappa shape index (κ1) is 15.0. The highest BCUT2D eigenvalue weighted by atomic mass is 16.7. The minimum atomic E-state index is -1.52. The van der Waals surface area contributed by atoms with E-state index in [-0.39, 0.29) is 17.4 Å². The average molecular weight is 270 g/mol. The van der Waals surface area contributed by atoms with Gasteiger partial charge in [0.05, 0.1) is 0 Å². The van der Waals surface area contributed by atoms with Crippen LogP contribution >= 0.6 is 0 Å². The fourth-order valence-corrected chi connectivity index (χ4v) is 1.39. The molecule has 1 aromatic heterocycles. The summed E-state index contributed by atoms with van der Waals surface area (Å²) in [7, 11) is 0. The molecule has 7 nitrogen and oxygen atoms in total. The van der Waals surface area contributed by atoms with Gasteiger partial charge in [0.2, 0.25) is 5.75 Å². The Balaban J connectivity index is 3.13. The maximum atomic E-state index is 12.0. The fraction of sp³-hybridized carbons (Fsp3) is 0.583. The number of hydrogen-bond acceptors (Lipinski definition) is 5. The van der Waals surface area contributed by atoms with Crippen LogP contribution in [0.25, 0.3) is 0 Å². The van der Waals surface area contributed by atoms with Crippen molar-refractivity contribution in [2.45, 2.75) is 46.1 Å². The maximum absolute atomic E-state index is 12.0. The highest BCUT2D eigenvalue weighted by Gasteiger charge is 2.29. The summed E-state index contributed by atoms with van der Waals surface area (Å²) in [4.78, 5) is 22.7. The second kappa shape index (κ2) is 5.29. The Kier molecular flexibility index (Phi) is 4.18. The van der Waals surface area contributed by atoms with Crippen LogP contribution in [0.4, 0.5) is 4.79 Å². The first-order valence-corrected chi connectivity index (χ1v) is 5.84. The van der Waals surface area contributed by atoms with Crippen LogP contribution in [0.15, 0.2) is 4.52 Å². The van der Waals surface area contributed by atoms with Gasteiger partial charge in [0.15, 0.2) is 0 Å². The molecule has 1 heterocycles. The van der Waals surface area contributed by atoms with Gasteiger partial charge in [-0.25, -0.2) is 4.79 Å². The van der Waals surface area contributed by atoms with Crippen molar-refractivity contribution in [3.05, 3.63) is 11.5 Å². The zero-order chi connectivity index (χ0) is 14.8. The summed E-state index contributed by atoms with van der Waals surface area (Å²) in [6.45, 7) is 8.96. The molecule has 1 rings (SSSR count). The van der Waals surface area contributed by atoms with Crippen LogP contribution in [0, 0.1) is 0 Å². The Bertz CT molecular complexity index is 485. The summed E-state index contributed by atoms with van der Waals surface area (Å²) >= 11 is 0. The van der Waals surface area contributed by atoms with Crippen LogP contribution in [0.3, 0.4) is 0 Å². The lowest BCUT2D eigenvalue weighted by molar-refractivity contribution is 0.0876. The van der Waals surface area contributed by atoms with Crippen molar-refractivity contribution in [2.24, 2.45) is 0 Å². The number of nitrogens with one attached hydrogen (secondary N) is 1. The summed E-state index contributed by atoms with van der Waals surface area (Å²) in [6.07, 6.45) is -1.52. The Labute approximate surface area is 110 Å². The van der Waals surface area contributed by atoms with Gasteiger partial charge in [0, 0.05) is 11.5 Å². The van der Waals surface area contributed by atoms with Crippen molar-refractivity contribution < 1.29 is 24.0 Å². The molecule has 0 saturated heterocycles. The van der Waals surface area contributed by atoms with Crippen molar-refractivity contribution in [1.29, 1.82) is 0 Å². The molecule has 2 N–H and O–H groups in total. The second-order valence-electron chi connectivity index (χ2n) is 5.45. The van der Waals surface area contributed by atoms with E-state index in [0.29, 0.717) is 5.69 Å². The fourth-order valence-electron chi connectivity index (χ4n) is 1.39. The van der Waals surface area contributed by atoms with Crippen molar-refractivity contribution in [1.82, 2.24) is 10.5 Å². The van der Waals surface area contributed by atoms with E-state index < -0.39 is 17.6 Å². The van der Waals surface area contributed by atoms with Gasteiger partial charge in [-0.05, 0) is 20.8 Å². The molecule has 0 unspecified atom stereocenters. The van der Waals surface area contributed by atoms with E-state index in [1.807, 2.05) is 0 Å². The summed E-state index contributed by atoms with van der Waals surface area (Å²) in [6, 6.07) is 0. The highest BCUT2D eigenvalue weighted by molar-refractivity contribution is 5.95. The maximum Gasteiger partial charge on any atom is 0.511 e. The molecule has 0 aromatic carbocycles. The van der Waals surface area contributed by atoms with E-state index in [9.17, 15) is 9.59 Å². The van der Waals surface area contributed by atoms with Gasteiger partial charge in [-0.1, -0.05) is 19.0 Å². The van der Waals surface area contributed by atoms with Gasteiger partial charge in [-0.3, -0.25) is 4.79 Å². The summed E-state index contributed by atoms with van der Waals surface area (Å²) in [5, 5.41) is 15.1. The first-order chi connectivity index (χ1) is 8.61. The Morgan fingerprint density at radius 1 is 1.37 bits per heavy atom. The van der Waals surface area contributed by atoms with E-state index in [0.717, 1.165) is 0 Å². The molecule has 19 heavy (non-hydrogen) atoms. The minimum absolute atomic E-state index is 0.130. The van der Waals surface area contributed by atoms with Gasteiger partial charge in [-0.15, -0.1) is 0 Å². The molecule has 0 bridgehead atoms. The lowest BCUT2D eigenvalue weighted by Gasteiger charge is -2.19. The van der Waals surface area contributed by atoms with Crippen molar-refractivity contribution in [2.75, 3.05) is 0 Å². The van der Waals surface area contributed by atoms with Crippen LogP contribution in [0.2, 0.25) is 0 Å². The first-order valence-electron chi connectivity index (χ1n) is 5.84. The molecule has 0 aliphatic heterocycles. The largest absolute Gasteiger partial charge is 0.511 e. The van der Waals surface area contributed by atoms with Gasteiger partial charge in [-0.2, -0.15) is 0 Å². The predicted octanol–water partition coefficient (Wildman–Crippen LogP) is 2.38. The zero-order valence-electron chi connectivity index (χ0n) is 11.6. The molecule has 0 aliphatic rings. The van der Waals surface area contributed by atoms with Crippen molar-refractivity contribution >= 4 is 12.1 Å². The number of carbonyl (C=O) groups excluding carboxylic acids is 1. The lowest BCUT2D eigenvalue weighted by Crippen LogP contribution is -2.40. The van der Waals surface area contributed by atoms with Crippen LogP contribution in [-0.4, -0.2) is 27.9 Å². The number of aromatic nitrogens is 1. The number of ether oxygens (including phenoxy) is 1. The number of nitrogens with zero attached hydrogens (tertiary/aromatic N) is 1. The zero-order valence-corrected chi connectivity index (χ0v) is 11.6. The lowest BCUT2D eigenvalue weighted by atomic mass is 10.1. The van der Waals surface area contributed by atoms with E-state index in [2.05, 4.69) is 15.2 Å². The van der Waals surface area contributed by atoms with Crippen LogP contribution in [-0.2, 0) is 0 Å². The van der Waals surface area contributed by atoms with E-state index >= 15 is 0 Å². The van der Waals surface area contributed by atoms with Crippen LogP contribution in [0.1, 0.15) is 56.8 Å². The Hall–Kier alpha value is -2.05. The molecule has 7 heteroatoms.